The molecule has 0 aromatic heterocycles. The molecular formula is C12H20N2O7. The molecule has 1 saturated heterocycles. The highest BCUT2D eigenvalue weighted by Crippen LogP contribution is 2.13. The molecule has 1 aliphatic rings. The van der Waals surface area contributed by atoms with Crippen LogP contribution in [0.5, 0.6) is 0 Å². The van der Waals surface area contributed by atoms with Crippen molar-refractivity contribution in [1.82, 2.24) is 10.2 Å². The predicted molar refractivity (Wildman–Crippen MR) is 69.8 cm³/mol. The smallest absolute Gasteiger partial charge is 0.326 e. The van der Waals surface area contributed by atoms with E-state index in [0.29, 0.717) is 25.9 Å². The molecule has 9 heteroatoms. The molecule has 1 rings (SSSR count). The Kier molecular flexibility index (Phi) is 6.89. The normalized spacial score (nSPS) is 17.3. The van der Waals surface area contributed by atoms with Crippen LogP contribution in [0, 0.1) is 0 Å². The molecule has 1 atom stereocenters. The van der Waals surface area contributed by atoms with Gasteiger partial charge in [0.25, 0.3) is 0 Å². The van der Waals surface area contributed by atoms with Gasteiger partial charge in [-0.3, -0.25) is 4.79 Å². The van der Waals surface area contributed by atoms with Gasteiger partial charge in [-0.1, -0.05) is 0 Å². The number of aliphatic hydroxyl groups excluding tert-OH is 1. The number of hydrogen-bond donors (Lipinski definition) is 4. The second-order valence-corrected chi connectivity index (χ2v) is 4.72. The molecule has 0 aromatic rings. The van der Waals surface area contributed by atoms with Crippen LogP contribution < -0.4 is 5.32 Å². The van der Waals surface area contributed by atoms with Crippen molar-refractivity contribution in [2.45, 2.75) is 31.4 Å². The molecule has 1 unspecified atom stereocenters. The van der Waals surface area contributed by atoms with Gasteiger partial charge in [-0.15, -0.1) is 0 Å². The first kappa shape index (κ1) is 17.2. The highest BCUT2D eigenvalue weighted by Gasteiger charge is 2.28. The number of amides is 2. The van der Waals surface area contributed by atoms with Gasteiger partial charge in [-0.2, -0.15) is 0 Å². The summed E-state index contributed by atoms with van der Waals surface area (Å²) in [5, 5.41) is 28.3. The number of carboxylic acids is 2. The quantitative estimate of drug-likeness (QED) is 0.478. The third-order valence-electron chi connectivity index (χ3n) is 3.15. The molecule has 4 N–H and O–H groups in total. The average molecular weight is 304 g/mol. The van der Waals surface area contributed by atoms with Crippen molar-refractivity contribution in [1.29, 1.82) is 0 Å². The van der Waals surface area contributed by atoms with Crippen molar-refractivity contribution in [3.8, 4) is 0 Å². The van der Waals surface area contributed by atoms with E-state index >= 15 is 0 Å². The fourth-order valence-electron chi connectivity index (χ4n) is 2.06. The second-order valence-electron chi connectivity index (χ2n) is 4.72. The van der Waals surface area contributed by atoms with Crippen molar-refractivity contribution >= 4 is 18.0 Å². The number of nitrogens with zero attached hydrogens (tertiary/aromatic N) is 1. The number of urea groups is 1. The molecule has 1 aliphatic heterocycles. The van der Waals surface area contributed by atoms with Gasteiger partial charge in [-0.25, -0.2) is 9.59 Å². The summed E-state index contributed by atoms with van der Waals surface area (Å²) in [5.74, 6) is -2.68. The molecule has 1 fully saturated rings. The maximum Gasteiger partial charge on any atom is 0.326 e. The molecule has 0 radical (unpaired) electrons. The maximum absolute atomic E-state index is 11.9. The molecule has 0 saturated carbocycles. The summed E-state index contributed by atoms with van der Waals surface area (Å²) >= 11 is 0. The Labute approximate surface area is 121 Å². The molecule has 120 valence electrons. The first-order valence-corrected chi connectivity index (χ1v) is 6.66. The summed E-state index contributed by atoms with van der Waals surface area (Å²) < 4.78 is 5.35. The molecular weight excluding hydrogens is 284 g/mol. The molecule has 0 aliphatic carbocycles. The number of likely N-dealkylation sites (tertiary alicyclic amines) is 1. The lowest BCUT2D eigenvalue weighted by Gasteiger charge is -2.32. The SMILES string of the molecule is O=C(O)CC(NC(=O)N1CCC(OCCO)CC1)C(=O)O. The van der Waals surface area contributed by atoms with Gasteiger partial charge in [-0.05, 0) is 12.8 Å². The van der Waals surface area contributed by atoms with E-state index in [1.807, 2.05) is 0 Å². The fraction of sp³-hybridized carbons (Fsp3) is 0.750. The van der Waals surface area contributed by atoms with Crippen LogP contribution in [0.2, 0.25) is 0 Å². The van der Waals surface area contributed by atoms with E-state index in [2.05, 4.69) is 5.32 Å². The fourth-order valence-corrected chi connectivity index (χ4v) is 2.06. The maximum atomic E-state index is 11.9. The van der Waals surface area contributed by atoms with Crippen LogP contribution >= 0.6 is 0 Å². The Bertz CT molecular complexity index is 380. The number of carbonyl (C=O) groups is 3. The second kappa shape index (κ2) is 8.42. The summed E-state index contributed by atoms with van der Waals surface area (Å²) in [6, 6.07) is -2.04. The van der Waals surface area contributed by atoms with Crippen LogP contribution in [0.1, 0.15) is 19.3 Å². The van der Waals surface area contributed by atoms with Crippen molar-refractivity contribution in [3.05, 3.63) is 0 Å². The predicted octanol–water partition coefficient (Wildman–Crippen LogP) is -0.903. The van der Waals surface area contributed by atoms with E-state index in [1.54, 1.807) is 0 Å². The van der Waals surface area contributed by atoms with Gasteiger partial charge < -0.3 is 30.3 Å². The monoisotopic (exact) mass is 304 g/mol. The van der Waals surface area contributed by atoms with Crippen molar-refractivity contribution in [3.63, 3.8) is 0 Å². The van der Waals surface area contributed by atoms with Gasteiger partial charge in [0.2, 0.25) is 0 Å². The first-order valence-electron chi connectivity index (χ1n) is 6.66. The first-order chi connectivity index (χ1) is 9.93. The number of carbonyl (C=O) groups excluding carboxylic acids is 1. The summed E-state index contributed by atoms with van der Waals surface area (Å²) in [5.41, 5.74) is 0. The molecule has 0 aromatic carbocycles. The lowest BCUT2D eigenvalue weighted by molar-refractivity contribution is -0.145. The molecule has 0 bridgehead atoms. The lowest BCUT2D eigenvalue weighted by Crippen LogP contribution is -2.51. The van der Waals surface area contributed by atoms with Crippen molar-refractivity contribution in [2.24, 2.45) is 0 Å². The van der Waals surface area contributed by atoms with Gasteiger partial charge in [0.15, 0.2) is 0 Å². The van der Waals surface area contributed by atoms with Crippen LogP contribution in [-0.2, 0) is 14.3 Å². The van der Waals surface area contributed by atoms with E-state index in [-0.39, 0.29) is 19.3 Å². The Morgan fingerprint density at radius 2 is 1.86 bits per heavy atom. The number of aliphatic hydroxyl groups is 1. The molecule has 21 heavy (non-hydrogen) atoms. The molecule has 1 heterocycles. The summed E-state index contributed by atoms with van der Waals surface area (Å²) in [6.07, 6.45) is 0.473. The number of carboxylic acid groups (broad SMARTS) is 2. The Hall–Kier alpha value is -1.87. The van der Waals surface area contributed by atoms with E-state index in [4.69, 9.17) is 20.1 Å². The summed E-state index contributed by atoms with van der Waals surface area (Å²) in [7, 11) is 0. The Morgan fingerprint density at radius 3 is 2.33 bits per heavy atom. The standard InChI is InChI=1S/C12H20N2O7/c15-5-6-21-8-1-3-14(4-2-8)12(20)13-9(11(18)19)7-10(16)17/h8-9,15H,1-7H2,(H,13,20)(H,16,17)(H,18,19). The van der Waals surface area contributed by atoms with Gasteiger partial charge in [0.1, 0.15) is 6.04 Å². The number of hydrogen-bond acceptors (Lipinski definition) is 5. The van der Waals surface area contributed by atoms with E-state index in [1.165, 1.54) is 4.90 Å². The number of ether oxygens (including phenoxy) is 1. The topological polar surface area (TPSA) is 136 Å². The summed E-state index contributed by atoms with van der Waals surface area (Å²) in [4.78, 5) is 34.8. The van der Waals surface area contributed by atoms with Crippen LogP contribution in [0.3, 0.4) is 0 Å². The van der Waals surface area contributed by atoms with E-state index < -0.39 is 30.4 Å². The van der Waals surface area contributed by atoms with Crippen LogP contribution in [0.15, 0.2) is 0 Å². The third kappa shape index (κ3) is 5.96. The van der Waals surface area contributed by atoms with Crippen LogP contribution in [0.25, 0.3) is 0 Å². The van der Waals surface area contributed by atoms with Crippen LogP contribution in [-0.4, -0.2) is 76.6 Å². The minimum atomic E-state index is -1.45. The number of piperidine rings is 1. The molecule has 2 amide bonds. The molecule has 0 spiro atoms. The van der Waals surface area contributed by atoms with E-state index in [0.717, 1.165) is 0 Å². The lowest BCUT2D eigenvalue weighted by atomic mass is 10.1. The number of rotatable bonds is 7. The minimum absolute atomic E-state index is 0.0320. The molecule has 9 nitrogen and oxygen atoms in total. The average Bonchev–Trinajstić information content (AvgIpc) is 2.44. The Balaban J connectivity index is 2.42. The van der Waals surface area contributed by atoms with Gasteiger partial charge in [0.05, 0.1) is 25.7 Å². The van der Waals surface area contributed by atoms with Crippen molar-refractivity contribution in [2.75, 3.05) is 26.3 Å². The minimum Gasteiger partial charge on any atom is -0.481 e. The number of aliphatic carboxylic acids is 2. The van der Waals surface area contributed by atoms with E-state index in [9.17, 15) is 14.4 Å². The highest BCUT2D eigenvalue weighted by atomic mass is 16.5. The third-order valence-corrected chi connectivity index (χ3v) is 3.15. The largest absolute Gasteiger partial charge is 0.481 e. The van der Waals surface area contributed by atoms with Crippen LogP contribution in [0.4, 0.5) is 4.79 Å². The zero-order valence-electron chi connectivity index (χ0n) is 11.5. The van der Waals surface area contributed by atoms with Gasteiger partial charge >= 0.3 is 18.0 Å². The zero-order valence-corrected chi connectivity index (χ0v) is 11.5. The van der Waals surface area contributed by atoms with Gasteiger partial charge in [0, 0.05) is 13.1 Å². The van der Waals surface area contributed by atoms with Crippen molar-refractivity contribution < 1.29 is 34.4 Å². The summed E-state index contributed by atoms with van der Waals surface area (Å²) in [6.45, 7) is 0.968. The zero-order chi connectivity index (χ0) is 15.8. The highest BCUT2D eigenvalue weighted by molar-refractivity contribution is 5.86. The number of nitrogens with one attached hydrogen (secondary N) is 1. The Morgan fingerprint density at radius 1 is 1.24 bits per heavy atom.